The topological polar surface area (TPSA) is 55.8 Å². The summed E-state index contributed by atoms with van der Waals surface area (Å²) in [5.41, 5.74) is -2.06. The van der Waals surface area contributed by atoms with Crippen LogP contribution in [-0.4, -0.2) is 35.3 Å². The number of hydrogen-bond donors (Lipinski definition) is 0. The molecule has 0 bridgehead atoms. The Morgan fingerprint density at radius 3 is 2.63 bits per heavy atom. The van der Waals surface area contributed by atoms with Crippen LogP contribution in [0.1, 0.15) is 40.5 Å². The first-order valence-corrected chi connectivity index (χ1v) is 10.8. The molecule has 0 saturated carbocycles. The third kappa shape index (κ3) is 5.98. The molecule has 0 aromatic rings. The Bertz CT molecular complexity index is 350. The number of nitrogens with zero attached hydrogens (tertiary/aromatic N) is 1. The molecule has 1 saturated heterocycles. The molecule has 2 unspecified atom stereocenters. The third-order valence-electron chi connectivity index (χ3n) is 2.76. The summed E-state index contributed by atoms with van der Waals surface area (Å²) in [7, 11) is 0. The lowest BCUT2D eigenvalue weighted by Gasteiger charge is -2.30. The summed E-state index contributed by atoms with van der Waals surface area (Å²) in [6.07, 6.45) is 1.50. The van der Waals surface area contributed by atoms with E-state index >= 15 is 0 Å². The number of hydrogen-bond acceptors (Lipinski definition) is 5. The van der Waals surface area contributed by atoms with Crippen LogP contribution < -0.4 is 0 Å². The van der Waals surface area contributed by atoms with Gasteiger partial charge in [0.25, 0.3) is 15.5 Å². The highest BCUT2D eigenvalue weighted by molar-refractivity contribution is 9.45. The lowest BCUT2D eigenvalue weighted by atomic mass is 10.2. The Morgan fingerprint density at radius 1 is 1.47 bits per heavy atom. The Hall–Kier alpha value is 0.160. The predicted molar refractivity (Wildman–Crippen MR) is 80.6 cm³/mol. The molecule has 3 atom stereocenters. The van der Waals surface area contributed by atoms with E-state index in [1.54, 1.807) is 4.90 Å². The first kappa shape index (κ1) is 17.2. The quantitative estimate of drug-likeness (QED) is 0.537. The van der Waals surface area contributed by atoms with Crippen molar-refractivity contribution in [3.05, 3.63) is 0 Å². The normalized spacial score (nSPS) is 24.5. The molecule has 8 heteroatoms. The van der Waals surface area contributed by atoms with Crippen LogP contribution in [0.15, 0.2) is 0 Å². The molecular formula is C11H20BrNO4PS+. The monoisotopic (exact) mass is 372 g/mol. The van der Waals surface area contributed by atoms with Gasteiger partial charge >= 0.3 is 23.5 Å². The van der Waals surface area contributed by atoms with E-state index in [0.29, 0.717) is 6.61 Å². The van der Waals surface area contributed by atoms with Gasteiger partial charge in [0.15, 0.2) is 0 Å². The maximum atomic E-state index is 12.2. The average Bonchev–Trinajstić information content (AvgIpc) is 2.56. The summed E-state index contributed by atoms with van der Waals surface area (Å²) in [6, 6.07) is 0.131. The average molecular weight is 373 g/mol. The van der Waals surface area contributed by atoms with Crippen LogP contribution in [0.25, 0.3) is 0 Å². The molecule has 1 rings (SSSR count). The van der Waals surface area contributed by atoms with Crippen molar-refractivity contribution >= 4 is 39.0 Å². The standard InChI is InChI=1S/C11H20BrNO4PS/c1-8-5-6-9(7-16-19-18(12)15)13(8)10(14)17-11(2,3)4/h8-9H,5-7H2,1-4H3/q+1/t8?,9-/m0/s1. The lowest BCUT2D eigenvalue weighted by Crippen LogP contribution is -2.44. The van der Waals surface area contributed by atoms with Gasteiger partial charge in [0.05, 0.1) is 12.6 Å². The van der Waals surface area contributed by atoms with Gasteiger partial charge in [0.2, 0.25) is 0 Å². The predicted octanol–water partition coefficient (Wildman–Crippen LogP) is 4.49. The Labute approximate surface area is 127 Å². The van der Waals surface area contributed by atoms with Gasteiger partial charge in [-0.05, 0) is 45.1 Å². The molecular weight excluding hydrogens is 353 g/mol. The van der Waals surface area contributed by atoms with Crippen molar-refractivity contribution in [3.63, 3.8) is 0 Å². The fourth-order valence-corrected chi connectivity index (χ4v) is 3.51. The Kier molecular flexibility index (Phi) is 6.57. The minimum Gasteiger partial charge on any atom is -0.444 e. The molecule has 19 heavy (non-hydrogen) atoms. The van der Waals surface area contributed by atoms with Crippen molar-refractivity contribution in [2.45, 2.75) is 58.2 Å². The van der Waals surface area contributed by atoms with Crippen LogP contribution in [0, 0.1) is 0 Å². The fraction of sp³-hybridized carbons (Fsp3) is 0.909. The van der Waals surface area contributed by atoms with Crippen LogP contribution in [0.5, 0.6) is 0 Å². The van der Waals surface area contributed by atoms with Crippen molar-refractivity contribution in [2.24, 2.45) is 0 Å². The smallest absolute Gasteiger partial charge is 0.444 e. The third-order valence-corrected chi connectivity index (χ3v) is 4.85. The molecule has 1 heterocycles. The van der Waals surface area contributed by atoms with Crippen LogP contribution in [0.4, 0.5) is 4.79 Å². The van der Waals surface area contributed by atoms with E-state index in [1.165, 1.54) is 0 Å². The molecule has 0 aliphatic carbocycles. The van der Waals surface area contributed by atoms with E-state index in [9.17, 15) is 9.36 Å². The van der Waals surface area contributed by atoms with Crippen LogP contribution in [0.2, 0.25) is 0 Å². The molecule has 0 spiro atoms. The number of amides is 1. The second kappa shape index (κ2) is 7.25. The Morgan fingerprint density at radius 2 is 2.11 bits per heavy atom. The van der Waals surface area contributed by atoms with Gasteiger partial charge in [-0.1, -0.05) is 0 Å². The summed E-state index contributed by atoms with van der Waals surface area (Å²) in [5.74, 6) is 0. The highest BCUT2D eigenvalue weighted by Crippen LogP contribution is 2.45. The van der Waals surface area contributed by atoms with Crippen molar-refractivity contribution in [3.8, 4) is 0 Å². The maximum Gasteiger partial charge on any atom is 0.519 e. The molecule has 0 aromatic carbocycles. The van der Waals surface area contributed by atoms with Crippen LogP contribution in [-0.2, 0) is 13.5 Å². The zero-order valence-electron chi connectivity index (χ0n) is 11.6. The first-order chi connectivity index (χ1) is 8.70. The van der Waals surface area contributed by atoms with Gasteiger partial charge in [-0.2, -0.15) is 0 Å². The first-order valence-electron chi connectivity index (χ1n) is 6.14. The summed E-state index contributed by atoms with van der Waals surface area (Å²) in [6.45, 7) is 7.91. The number of ether oxygens (including phenoxy) is 1. The van der Waals surface area contributed by atoms with Crippen LogP contribution in [0.3, 0.4) is 0 Å². The highest BCUT2D eigenvalue weighted by Gasteiger charge is 2.37. The number of likely N-dealkylation sites (tertiary alicyclic amines) is 1. The molecule has 1 amide bonds. The number of carbonyl (C=O) groups is 1. The van der Waals surface area contributed by atoms with Gasteiger partial charge in [0, 0.05) is 6.04 Å². The highest BCUT2D eigenvalue weighted by atomic mass is 79.9. The molecule has 1 fully saturated rings. The van der Waals surface area contributed by atoms with Crippen molar-refractivity contribution in [2.75, 3.05) is 6.61 Å². The largest absolute Gasteiger partial charge is 0.519 e. The summed E-state index contributed by atoms with van der Waals surface area (Å²) >= 11 is 3.81. The van der Waals surface area contributed by atoms with E-state index in [0.717, 1.165) is 24.5 Å². The maximum absolute atomic E-state index is 12.2. The van der Waals surface area contributed by atoms with Gasteiger partial charge < -0.3 is 9.64 Å². The fourth-order valence-electron chi connectivity index (χ4n) is 2.03. The van der Waals surface area contributed by atoms with E-state index in [-0.39, 0.29) is 18.2 Å². The SMILES string of the molecule is CC1CC[C@@H](COS[P+](=O)Br)N1C(=O)OC(C)(C)C. The zero-order chi connectivity index (χ0) is 14.6. The van der Waals surface area contributed by atoms with Gasteiger partial charge in [-0.15, -0.1) is 0 Å². The molecule has 0 radical (unpaired) electrons. The number of carbonyl (C=O) groups excluding carboxylic acids is 1. The zero-order valence-corrected chi connectivity index (χ0v) is 14.9. The van der Waals surface area contributed by atoms with Crippen LogP contribution >= 0.6 is 32.9 Å². The van der Waals surface area contributed by atoms with E-state index < -0.39 is 11.3 Å². The molecule has 5 nitrogen and oxygen atoms in total. The van der Waals surface area contributed by atoms with Gasteiger partial charge in [-0.3, -0.25) is 4.18 Å². The summed E-state index contributed by atoms with van der Waals surface area (Å²) in [4.78, 5) is 13.9. The Balaban J connectivity index is 2.56. The van der Waals surface area contributed by atoms with E-state index in [1.807, 2.05) is 27.7 Å². The molecule has 1 aliphatic rings. The number of halogens is 1. The van der Waals surface area contributed by atoms with E-state index in [4.69, 9.17) is 8.92 Å². The summed E-state index contributed by atoms with van der Waals surface area (Å²) in [5, 5.41) is 0. The molecule has 1 aliphatic heterocycles. The molecule has 0 N–H and O–H groups in total. The second-order valence-corrected chi connectivity index (χ2v) is 11.1. The van der Waals surface area contributed by atoms with E-state index in [2.05, 4.69) is 15.5 Å². The molecule has 0 aromatic heterocycles. The van der Waals surface area contributed by atoms with Crippen molar-refractivity contribution < 1.29 is 18.3 Å². The minimum atomic E-state index is -1.56. The van der Waals surface area contributed by atoms with Gasteiger partial charge in [-0.25, -0.2) is 4.79 Å². The van der Waals surface area contributed by atoms with Crippen molar-refractivity contribution in [1.29, 1.82) is 0 Å². The van der Waals surface area contributed by atoms with Gasteiger partial charge in [0.1, 0.15) is 5.60 Å². The minimum absolute atomic E-state index is 0.0141. The number of rotatable bonds is 4. The molecule has 110 valence electrons. The lowest BCUT2D eigenvalue weighted by molar-refractivity contribution is 0.0126. The second-order valence-electron chi connectivity index (χ2n) is 5.54. The summed E-state index contributed by atoms with van der Waals surface area (Å²) < 4.78 is 21.6. The van der Waals surface area contributed by atoms with Crippen molar-refractivity contribution in [1.82, 2.24) is 4.90 Å².